The fourth-order valence-corrected chi connectivity index (χ4v) is 4.66. The van der Waals surface area contributed by atoms with Crippen LogP contribution < -0.4 is 0 Å². The smallest absolute Gasteiger partial charge is 0.246 e. The first-order chi connectivity index (χ1) is 13.4. The van der Waals surface area contributed by atoms with Crippen LogP contribution >= 0.6 is 11.8 Å². The van der Waals surface area contributed by atoms with Crippen molar-refractivity contribution >= 4 is 22.7 Å². The van der Waals surface area contributed by atoms with Crippen molar-refractivity contribution in [2.45, 2.75) is 44.9 Å². The van der Waals surface area contributed by atoms with Gasteiger partial charge in [0.1, 0.15) is 21.5 Å². The summed E-state index contributed by atoms with van der Waals surface area (Å²) in [5.74, 6) is -1.50. The van der Waals surface area contributed by atoms with E-state index in [0.29, 0.717) is 11.5 Å². The van der Waals surface area contributed by atoms with Gasteiger partial charge in [0.25, 0.3) is 0 Å². The summed E-state index contributed by atoms with van der Waals surface area (Å²) in [5.41, 5.74) is 1.01. The molecular formula is C22H24F2N2OS. The normalized spacial score (nSPS) is 19.2. The molecule has 3 nitrogen and oxygen atoms in total. The zero-order valence-electron chi connectivity index (χ0n) is 16.3. The van der Waals surface area contributed by atoms with Crippen LogP contribution in [0.4, 0.5) is 8.78 Å². The quantitative estimate of drug-likeness (QED) is 0.602. The van der Waals surface area contributed by atoms with E-state index in [1.807, 2.05) is 44.2 Å². The summed E-state index contributed by atoms with van der Waals surface area (Å²) in [6.07, 6.45) is 2.49. The molecule has 0 aliphatic carbocycles. The number of carbonyl (C=O) groups excluding carboxylic acids is 1. The molecule has 1 atom stereocenters. The number of unbranched alkanes of at least 4 members (excludes halogenated alkanes) is 1. The SMILES string of the molecule is CCCCC1(c2ccccc2)SC(c2cc(F)ccc2F)=NN1C(=O)C(C)C. The predicted molar refractivity (Wildman–Crippen MR) is 110 cm³/mol. The first kappa shape index (κ1) is 20.5. The Morgan fingerprint density at radius 3 is 2.54 bits per heavy atom. The van der Waals surface area contributed by atoms with Gasteiger partial charge in [-0.1, -0.05) is 75.7 Å². The third kappa shape index (κ3) is 3.83. The number of benzene rings is 2. The molecule has 6 heteroatoms. The summed E-state index contributed by atoms with van der Waals surface area (Å²) >= 11 is 1.33. The van der Waals surface area contributed by atoms with Crippen LogP contribution in [-0.4, -0.2) is 16.0 Å². The Bertz CT molecular complexity index is 885. The largest absolute Gasteiger partial charge is 0.273 e. The second kappa shape index (κ2) is 8.43. The van der Waals surface area contributed by atoms with Crippen LogP contribution in [0.5, 0.6) is 0 Å². The molecule has 2 aromatic rings. The molecule has 0 fully saturated rings. The monoisotopic (exact) mass is 402 g/mol. The number of hydrogen-bond donors (Lipinski definition) is 0. The van der Waals surface area contributed by atoms with Crippen LogP contribution in [0.25, 0.3) is 0 Å². The van der Waals surface area contributed by atoms with E-state index in [-0.39, 0.29) is 17.4 Å². The second-order valence-corrected chi connectivity index (χ2v) is 8.46. The number of rotatable bonds is 6. The van der Waals surface area contributed by atoms with Gasteiger partial charge in [0, 0.05) is 11.5 Å². The van der Waals surface area contributed by atoms with E-state index >= 15 is 0 Å². The minimum Gasteiger partial charge on any atom is -0.273 e. The van der Waals surface area contributed by atoms with Crippen molar-refractivity contribution in [3.05, 3.63) is 71.3 Å². The lowest BCUT2D eigenvalue weighted by Gasteiger charge is -2.36. The highest BCUT2D eigenvalue weighted by Gasteiger charge is 2.48. The molecule has 3 rings (SSSR count). The van der Waals surface area contributed by atoms with Gasteiger partial charge < -0.3 is 0 Å². The lowest BCUT2D eigenvalue weighted by Crippen LogP contribution is -2.43. The zero-order chi connectivity index (χ0) is 20.3. The number of hydrogen-bond acceptors (Lipinski definition) is 3. The van der Waals surface area contributed by atoms with Crippen molar-refractivity contribution in [2.75, 3.05) is 0 Å². The first-order valence-corrected chi connectivity index (χ1v) is 10.3. The lowest BCUT2D eigenvalue weighted by molar-refractivity contribution is -0.138. The Labute approximate surface area is 168 Å². The Morgan fingerprint density at radius 1 is 1.18 bits per heavy atom. The van der Waals surface area contributed by atoms with E-state index in [2.05, 4.69) is 12.0 Å². The molecule has 1 unspecified atom stereocenters. The van der Waals surface area contributed by atoms with E-state index in [1.165, 1.54) is 16.8 Å². The van der Waals surface area contributed by atoms with Crippen LogP contribution in [0.1, 0.15) is 51.2 Å². The molecule has 28 heavy (non-hydrogen) atoms. The number of halogens is 2. The Hall–Kier alpha value is -2.21. The maximum atomic E-state index is 14.5. The maximum Gasteiger partial charge on any atom is 0.246 e. The van der Waals surface area contributed by atoms with E-state index in [4.69, 9.17) is 0 Å². The van der Waals surface area contributed by atoms with Gasteiger partial charge in [-0.05, 0) is 30.2 Å². The Balaban J connectivity index is 2.15. The van der Waals surface area contributed by atoms with Crippen molar-refractivity contribution < 1.29 is 13.6 Å². The third-order valence-corrected chi connectivity index (χ3v) is 6.20. The van der Waals surface area contributed by atoms with E-state index < -0.39 is 16.5 Å². The highest BCUT2D eigenvalue weighted by molar-refractivity contribution is 8.15. The summed E-state index contributed by atoms with van der Waals surface area (Å²) in [6.45, 7) is 5.72. The van der Waals surface area contributed by atoms with E-state index in [9.17, 15) is 13.6 Å². The minimum absolute atomic E-state index is 0.0841. The van der Waals surface area contributed by atoms with Crippen LogP contribution in [0.3, 0.4) is 0 Å². The molecule has 0 spiro atoms. The molecule has 0 bridgehead atoms. The van der Waals surface area contributed by atoms with Gasteiger partial charge in [-0.15, -0.1) is 0 Å². The van der Waals surface area contributed by atoms with E-state index in [0.717, 1.165) is 36.6 Å². The van der Waals surface area contributed by atoms with Crippen LogP contribution in [-0.2, 0) is 9.67 Å². The highest BCUT2D eigenvalue weighted by Crippen LogP contribution is 2.51. The van der Waals surface area contributed by atoms with Crippen molar-refractivity contribution in [3.63, 3.8) is 0 Å². The molecule has 0 N–H and O–H groups in total. The zero-order valence-corrected chi connectivity index (χ0v) is 17.1. The summed E-state index contributed by atoms with van der Waals surface area (Å²) in [7, 11) is 0. The van der Waals surface area contributed by atoms with Gasteiger partial charge in [0.15, 0.2) is 0 Å². The molecular weight excluding hydrogens is 378 g/mol. The molecule has 0 radical (unpaired) electrons. The molecule has 0 saturated heterocycles. The number of hydrazone groups is 1. The topological polar surface area (TPSA) is 32.7 Å². The molecule has 0 aromatic heterocycles. The lowest BCUT2D eigenvalue weighted by atomic mass is 9.98. The van der Waals surface area contributed by atoms with Crippen molar-refractivity contribution in [1.82, 2.24) is 5.01 Å². The summed E-state index contributed by atoms with van der Waals surface area (Å²) in [4.78, 5) is 12.3. The predicted octanol–water partition coefficient (Wildman–Crippen LogP) is 5.90. The van der Waals surface area contributed by atoms with Gasteiger partial charge >= 0.3 is 0 Å². The van der Waals surface area contributed by atoms with Crippen molar-refractivity contribution in [3.8, 4) is 0 Å². The average molecular weight is 403 g/mol. The van der Waals surface area contributed by atoms with Gasteiger partial charge in [0.05, 0.1) is 0 Å². The standard InChI is InChI=1S/C22H24F2N2OS/c1-4-5-13-22(16-9-7-6-8-10-16)26(21(27)15(2)3)25-20(28-22)18-14-17(23)11-12-19(18)24/h6-12,14-15H,4-5,13H2,1-3H3. The molecule has 1 heterocycles. The van der Waals surface area contributed by atoms with Gasteiger partial charge in [0.2, 0.25) is 5.91 Å². The molecule has 1 aliphatic rings. The number of nitrogens with zero attached hydrogens (tertiary/aromatic N) is 2. The molecule has 1 aliphatic heterocycles. The summed E-state index contributed by atoms with van der Waals surface area (Å²) in [6, 6.07) is 13.0. The molecule has 1 amide bonds. The maximum absolute atomic E-state index is 14.5. The van der Waals surface area contributed by atoms with Crippen molar-refractivity contribution in [1.29, 1.82) is 0 Å². The summed E-state index contributed by atoms with van der Waals surface area (Å²) < 4.78 is 28.2. The van der Waals surface area contributed by atoms with Crippen LogP contribution in [0.15, 0.2) is 53.6 Å². The fraction of sp³-hybridized carbons (Fsp3) is 0.364. The minimum atomic E-state index is -0.771. The van der Waals surface area contributed by atoms with Gasteiger partial charge in [-0.25, -0.2) is 13.8 Å². The average Bonchev–Trinajstić information content (AvgIpc) is 3.08. The number of carbonyl (C=O) groups is 1. The van der Waals surface area contributed by atoms with E-state index in [1.54, 1.807) is 0 Å². The van der Waals surface area contributed by atoms with Gasteiger partial charge in [-0.3, -0.25) is 4.79 Å². The van der Waals surface area contributed by atoms with Gasteiger partial charge in [-0.2, -0.15) is 5.10 Å². The second-order valence-electron chi connectivity index (χ2n) is 7.19. The summed E-state index contributed by atoms with van der Waals surface area (Å²) in [5, 5.41) is 6.34. The van der Waals surface area contributed by atoms with Crippen molar-refractivity contribution in [2.24, 2.45) is 11.0 Å². The number of amides is 1. The van der Waals surface area contributed by atoms with Crippen LogP contribution in [0, 0.1) is 17.6 Å². The van der Waals surface area contributed by atoms with Crippen LogP contribution in [0.2, 0.25) is 0 Å². The Kier molecular flexibility index (Phi) is 6.18. The third-order valence-electron chi connectivity index (χ3n) is 4.75. The highest BCUT2D eigenvalue weighted by atomic mass is 32.2. The molecule has 2 aromatic carbocycles. The number of thioether (sulfide) groups is 1. The fourth-order valence-electron chi connectivity index (χ4n) is 3.23. The first-order valence-electron chi connectivity index (χ1n) is 9.51. The Morgan fingerprint density at radius 2 is 1.89 bits per heavy atom. The molecule has 0 saturated carbocycles. The molecule has 148 valence electrons.